The number of pyridine rings is 1. The van der Waals surface area contributed by atoms with Gasteiger partial charge in [0.1, 0.15) is 5.56 Å². The predicted molar refractivity (Wildman–Crippen MR) is 87.3 cm³/mol. The van der Waals surface area contributed by atoms with Crippen LogP contribution in [0.3, 0.4) is 0 Å². The number of likely N-dealkylation sites (tertiary alicyclic amines) is 2. The van der Waals surface area contributed by atoms with Crippen LogP contribution in [0.4, 0.5) is 0 Å². The first kappa shape index (κ1) is 16.7. The van der Waals surface area contributed by atoms with Crippen LogP contribution in [0.25, 0.3) is 0 Å². The number of ether oxygens (including phenoxy) is 1. The minimum Gasteiger partial charge on any atom is -0.483 e. The fourth-order valence-electron chi connectivity index (χ4n) is 4.14. The van der Waals surface area contributed by atoms with Gasteiger partial charge in [-0.3, -0.25) is 9.59 Å². The molecule has 3 heterocycles. The molecule has 4 rings (SSSR count). The second kappa shape index (κ2) is 6.39. The molecule has 1 aromatic rings. The van der Waals surface area contributed by atoms with Gasteiger partial charge in [0, 0.05) is 37.3 Å². The molecule has 7 heteroatoms. The van der Waals surface area contributed by atoms with Crippen molar-refractivity contribution in [2.24, 2.45) is 5.41 Å². The Kier molecular flexibility index (Phi) is 4.45. The van der Waals surface area contributed by atoms with Gasteiger partial charge < -0.3 is 19.6 Å². The number of hydrogen-bond acceptors (Lipinski definition) is 5. The molecule has 24 heavy (non-hydrogen) atoms. The van der Waals surface area contributed by atoms with Crippen molar-refractivity contribution in [3.05, 3.63) is 22.9 Å². The quantitative estimate of drug-likeness (QED) is 0.801. The standard InChI is InChI=1S/C16H21N3O2.CH2O2/c1-18-7-16(8-18)9-19(10-16)15(20)12-6-11-4-3-5-13(11)17-14(12)21-2;2-1-3/h6H,3-5,7-10H2,1-2H3;1H,(H,2,3). The van der Waals surface area contributed by atoms with Gasteiger partial charge in [-0.1, -0.05) is 0 Å². The first-order valence-electron chi connectivity index (χ1n) is 8.14. The first-order chi connectivity index (χ1) is 11.5. The largest absolute Gasteiger partial charge is 0.483 e. The molecule has 130 valence electrons. The first-order valence-corrected chi connectivity index (χ1v) is 8.14. The summed E-state index contributed by atoms with van der Waals surface area (Å²) in [7, 11) is 3.72. The zero-order valence-electron chi connectivity index (χ0n) is 14.1. The minimum atomic E-state index is -0.250. The van der Waals surface area contributed by atoms with Crippen molar-refractivity contribution in [1.82, 2.24) is 14.8 Å². The van der Waals surface area contributed by atoms with E-state index in [9.17, 15) is 4.79 Å². The number of hydrogen-bond donors (Lipinski definition) is 1. The molecule has 0 aromatic carbocycles. The lowest BCUT2D eigenvalue weighted by Crippen LogP contribution is -2.72. The fraction of sp³-hybridized carbons (Fsp3) is 0.588. The number of aromatic nitrogens is 1. The monoisotopic (exact) mass is 333 g/mol. The van der Waals surface area contributed by atoms with Crippen LogP contribution >= 0.6 is 0 Å². The Morgan fingerprint density at radius 2 is 2.00 bits per heavy atom. The van der Waals surface area contributed by atoms with Gasteiger partial charge in [0.2, 0.25) is 5.88 Å². The highest BCUT2D eigenvalue weighted by molar-refractivity contribution is 5.97. The summed E-state index contributed by atoms with van der Waals surface area (Å²) in [5.74, 6) is 0.571. The molecular weight excluding hydrogens is 310 g/mol. The van der Waals surface area contributed by atoms with Gasteiger partial charge in [0.15, 0.2) is 0 Å². The second-order valence-electron chi connectivity index (χ2n) is 6.94. The third-order valence-electron chi connectivity index (χ3n) is 4.99. The molecule has 7 nitrogen and oxygen atoms in total. The van der Waals surface area contributed by atoms with E-state index in [2.05, 4.69) is 16.9 Å². The maximum Gasteiger partial charge on any atom is 0.290 e. The highest BCUT2D eigenvalue weighted by atomic mass is 16.5. The molecule has 1 aliphatic carbocycles. The van der Waals surface area contributed by atoms with E-state index in [-0.39, 0.29) is 12.4 Å². The maximum absolute atomic E-state index is 12.7. The second-order valence-corrected chi connectivity index (χ2v) is 6.94. The van der Waals surface area contributed by atoms with Gasteiger partial charge in [0.25, 0.3) is 12.4 Å². The topological polar surface area (TPSA) is 83.0 Å². The van der Waals surface area contributed by atoms with E-state index < -0.39 is 0 Å². The average Bonchev–Trinajstić information content (AvgIpc) is 2.95. The molecule has 0 atom stereocenters. The fourth-order valence-corrected chi connectivity index (χ4v) is 4.14. The summed E-state index contributed by atoms with van der Waals surface area (Å²) < 4.78 is 5.35. The lowest BCUT2D eigenvalue weighted by Gasteiger charge is -2.59. The van der Waals surface area contributed by atoms with Crippen LogP contribution in [0.2, 0.25) is 0 Å². The molecular formula is C17H23N3O4. The third kappa shape index (κ3) is 2.84. The van der Waals surface area contributed by atoms with Crippen LogP contribution in [-0.4, -0.2) is 72.6 Å². The molecule has 3 aliphatic rings. The van der Waals surface area contributed by atoms with E-state index >= 15 is 0 Å². The van der Waals surface area contributed by atoms with Crippen LogP contribution in [0.5, 0.6) is 5.88 Å². The lowest BCUT2D eigenvalue weighted by molar-refractivity contribution is -0.122. The Hall–Kier alpha value is -2.15. The number of rotatable bonds is 2. The minimum absolute atomic E-state index is 0.0780. The van der Waals surface area contributed by atoms with Crippen LogP contribution in [-0.2, 0) is 17.6 Å². The normalized spacial score (nSPS) is 20.3. The van der Waals surface area contributed by atoms with E-state index in [1.807, 2.05) is 11.0 Å². The van der Waals surface area contributed by atoms with Crippen molar-refractivity contribution in [2.75, 3.05) is 40.3 Å². The number of carbonyl (C=O) groups is 2. The van der Waals surface area contributed by atoms with Crippen molar-refractivity contribution in [3.63, 3.8) is 0 Å². The van der Waals surface area contributed by atoms with Gasteiger partial charge in [-0.05, 0) is 37.9 Å². The van der Waals surface area contributed by atoms with Crippen LogP contribution in [0.15, 0.2) is 6.07 Å². The van der Waals surface area contributed by atoms with Crippen LogP contribution in [0.1, 0.15) is 28.0 Å². The van der Waals surface area contributed by atoms with Gasteiger partial charge in [0.05, 0.1) is 7.11 Å². The molecule has 0 saturated carbocycles. The molecule has 2 saturated heterocycles. The highest BCUT2D eigenvalue weighted by Gasteiger charge is 2.52. The van der Waals surface area contributed by atoms with E-state index in [1.165, 1.54) is 5.56 Å². The number of aryl methyl sites for hydroxylation is 2. The molecule has 0 radical (unpaired) electrons. The zero-order chi connectivity index (χ0) is 17.3. The van der Waals surface area contributed by atoms with E-state index in [1.54, 1.807) is 7.11 Å². The summed E-state index contributed by atoms with van der Waals surface area (Å²) in [6.45, 7) is 3.71. The van der Waals surface area contributed by atoms with Crippen molar-refractivity contribution >= 4 is 12.4 Å². The van der Waals surface area contributed by atoms with Gasteiger partial charge in [-0.2, -0.15) is 0 Å². The SMILES string of the molecule is COc1nc2c(cc1C(=O)N1CC3(CN(C)C3)C1)CCC2.O=CO. The molecule has 2 aliphatic heterocycles. The summed E-state index contributed by atoms with van der Waals surface area (Å²) >= 11 is 0. The van der Waals surface area contributed by atoms with E-state index in [0.717, 1.165) is 51.1 Å². The Labute approximate surface area is 141 Å². The molecule has 1 aromatic heterocycles. The predicted octanol–water partition coefficient (Wildman–Crippen LogP) is 0.667. The van der Waals surface area contributed by atoms with Crippen molar-refractivity contribution in [1.29, 1.82) is 0 Å². The van der Waals surface area contributed by atoms with Gasteiger partial charge in [-0.25, -0.2) is 4.98 Å². The number of carbonyl (C=O) groups excluding carboxylic acids is 1. The average molecular weight is 333 g/mol. The zero-order valence-corrected chi connectivity index (χ0v) is 14.1. The Balaban J connectivity index is 0.000000526. The Morgan fingerprint density at radius 3 is 2.58 bits per heavy atom. The highest BCUT2D eigenvalue weighted by Crippen LogP contribution is 2.40. The molecule has 0 unspecified atom stereocenters. The smallest absolute Gasteiger partial charge is 0.290 e. The Morgan fingerprint density at radius 1 is 1.33 bits per heavy atom. The van der Waals surface area contributed by atoms with E-state index in [0.29, 0.717) is 16.9 Å². The molecule has 1 amide bonds. The van der Waals surface area contributed by atoms with Crippen molar-refractivity contribution in [3.8, 4) is 5.88 Å². The van der Waals surface area contributed by atoms with Crippen LogP contribution < -0.4 is 4.74 Å². The summed E-state index contributed by atoms with van der Waals surface area (Å²) in [5.41, 5.74) is 3.32. The maximum atomic E-state index is 12.7. The summed E-state index contributed by atoms with van der Waals surface area (Å²) in [4.78, 5) is 29.9. The van der Waals surface area contributed by atoms with Crippen LogP contribution in [0, 0.1) is 5.41 Å². The number of methoxy groups -OCH3 is 1. The molecule has 2 fully saturated rings. The number of carboxylic acid groups (broad SMARTS) is 1. The van der Waals surface area contributed by atoms with Gasteiger partial charge >= 0.3 is 0 Å². The molecule has 1 spiro atoms. The summed E-state index contributed by atoms with van der Waals surface area (Å²) in [6, 6.07) is 2.01. The third-order valence-corrected chi connectivity index (χ3v) is 4.99. The summed E-state index contributed by atoms with van der Waals surface area (Å²) in [5, 5.41) is 6.89. The number of amides is 1. The van der Waals surface area contributed by atoms with Crippen molar-refractivity contribution < 1.29 is 19.4 Å². The van der Waals surface area contributed by atoms with Crippen molar-refractivity contribution in [2.45, 2.75) is 19.3 Å². The Bertz CT molecular complexity index is 647. The number of nitrogens with zero attached hydrogens (tertiary/aromatic N) is 3. The lowest BCUT2D eigenvalue weighted by atomic mass is 9.73. The molecule has 0 bridgehead atoms. The van der Waals surface area contributed by atoms with E-state index in [4.69, 9.17) is 14.6 Å². The number of fused-ring (bicyclic) bond motifs is 1. The van der Waals surface area contributed by atoms with Gasteiger partial charge in [-0.15, -0.1) is 0 Å². The molecule has 1 N–H and O–H groups in total. The summed E-state index contributed by atoms with van der Waals surface area (Å²) in [6.07, 6.45) is 3.16.